The molecule has 3 aromatic rings. The summed E-state index contributed by atoms with van der Waals surface area (Å²) in [5.41, 5.74) is 1.44. The smallest absolute Gasteiger partial charge is 0.230 e. The monoisotopic (exact) mass is 406 g/mol. The van der Waals surface area contributed by atoms with E-state index in [1.165, 1.54) is 6.33 Å². The van der Waals surface area contributed by atoms with Gasteiger partial charge in [-0.2, -0.15) is 5.10 Å². The first-order chi connectivity index (χ1) is 14.7. The Hall–Kier alpha value is -3.26. The maximum absolute atomic E-state index is 13.1. The highest BCUT2D eigenvalue weighted by molar-refractivity contribution is 5.88. The largest absolute Gasteiger partial charge is 0.381 e. The van der Waals surface area contributed by atoms with Gasteiger partial charge in [0.2, 0.25) is 5.91 Å². The molecule has 3 heterocycles. The van der Waals surface area contributed by atoms with Gasteiger partial charge in [0.1, 0.15) is 12.1 Å². The van der Waals surface area contributed by atoms with Crippen molar-refractivity contribution in [3.63, 3.8) is 0 Å². The molecule has 1 aliphatic rings. The minimum Gasteiger partial charge on any atom is -0.381 e. The molecule has 1 saturated heterocycles. The molecule has 0 saturated carbocycles. The standard InChI is InChI=1S/C22H26N6O2/c1-17-7-12-28(27-17)20-15-19(25-16-26-20)23-10-11-24-21(29)22(8-13-30-14-9-22)18-5-3-2-4-6-18/h2-7,12,15-16H,8-11,13-14H2,1H3,(H,24,29)(H,23,25,26). The van der Waals surface area contributed by atoms with Gasteiger partial charge in [-0.25, -0.2) is 14.6 Å². The Balaban J connectivity index is 1.35. The van der Waals surface area contributed by atoms with Crippen LogP contribution in [0.1, 0.15) is 24.1 Å². The Kier molecular flexibility index (Phi) is 6.04. The average molecular weight is 406 g/mol. The summed E-state index contributed by atoms with van der Waals surface area (Å²) in [5.74, 6) is 1.43. The zero-order chi connectivity index (χ0) is 20.8. The van der Waals surface area contributed by atoms with Gasteiger partial charge in [-0.15, -0.1) is 0 Å². The summed E-state index contributed by atoms with van der Waals surface area (Å²) < 4.78 is 7.22. The molecule has 30 heavy (non-hydrogen) atoms. The van der Waals surface area contributed by atoms with Gasteiger partial charge < -0.3 is 15.4 Å². The zero-order valence-corrected chi connectivity index (χ0v) is 17.0. The van der Waals surface area contributed by atoms with E-state index in [1.54, 1.807) is 4.68 Å². The maximum Gasteiger partial charge on any atom is 0.230 e. The summed E-state index contributed by atoms with van der Waals surface area (Å²) in [6, 6.07) is 13.7. The third kappa shape index (κ3) is 4.33. The molecule has 0 radical (unpaired) electrons. The molecule has 0 spiro atoms. The van der Waals surface area contributed by atoms with Crippen molar-refractivity contribution in [1.82, 2.24) is 25.1 Å². The number of aryl methyl sites for hydroxylation is 1. The summed E-state index contributed by atoms with van der Waals surface area (Å²) in [7, 11) is 0. The van der Waals surface area contributed by atoms with Crippen molar-refractivity contribution in [2.24, 2.45) is 0 Å². The van der Waals surface area contributed by atoms with Crippen LogP contribution in [0.4, 0.5) is 5.82 Å². The summed E-state index contributed by atoms with van der Waals surface area (Å²) in [6.45, 7) is 4.17. The van der Waals surface area contributed by atoms with Crippen LogP contribution in [0.5, 0.6) is 0 Å². The van der Waals surface area contributed by atoms with E-state index in [0.29, 0.717) is 50.8 Å². The molecule has 4 rings (SSSR count). The van der Waals surface area contributed by atoms with E-state index in [4.69, 9.17) is 4.74 Å². The third-order valence-electron chi connectivity index (χ3n) is 5.43. The van der Waals surface area contributed by atoms with Crippen LogP contribution in [0.3, 0.4) is 0 Å². The fraction of sp³-hybridized carbons (Fsp3) is 0.364. The Morgan fingerprint density at radius 1 is 1.13 bits per heavy atom. The number of carbonyl (C=O) groups excluding carboxylic acids is 1. The maximum atomic E-state index is 13.1. The first kappa shape index (κ1) is 20.0. The van der Waals surface area contributed by atoms with Crippen molar-refractivity contribution in [1.29, 1.82) is 0 Å². The minimum atomic E-state index is -0.528. The molecule has 156 valence electrons. The molecule has 2 N–H and O–H groups in total. The molecule has 2 aromatic heterocycles. The number of rotatable bonds is 7. The highest BCUT2D eigenvalue weighted by Gasteiger charge is 2.41. The van der Waals surface area contributed by atoms with Gasteiger partial charge >= 0.3 is 0 Å². The molecular weight excluding hydrogens is 380 g/mol. The van der Waals surface area contributed by atoms with Crippen LogP contribution in [-0.4, -0.2) is 52.0 Å². The molecule has 0 atom stereocenters. The summed E-state index contributed by atoms with van der Waals surface area (Å²) in [4.78, 5) is 21.6. The van der Waals surface area contributed by atoms with Crippen molar-refractivity contribution in [2.45, 2.75) is 25.2 Å². The Bertz CT molecular complexity index is 982. The Labute approximate surface area is 175 Å². The number of carbonyl (C=O) groups is 1. The van der Waals surface area contributed by atoms with E-state index in [0.717, 1.165) is 11.3 Å². The van der Waals surface area contributed by atoms with Gasteiger partial charge in [-0.3, -0.25) is 4.79 Å². The van der Waals surface area contributed by atoms with E-state index in [2.05, 4.69) is 25.7 Å². The third-order valence-corrected chi connectivity index (χ3v) is 5.43. The van der Waals surface area contributed by atoms with E-state index < -0.39 is 5.41 Å². The van der Waals surface area contributed by atoms with Gasteiger partial charge in [0.25, 0.3) is 0 Å². The molecule has 1 aliphatic heterocycles. The van der Waals surface area contributed by atoms with Gasteiger partial charge in [0.15, 0.2) is 5.82 Å². The van der Waals surface area contributed by atoms with Crippen LogP contribution < -0.4 is 10.6 Å². The van der Waals surface area contributed by atoms with Crippen molar-refractivity contribution in [3.05, 3.63) is 66.2 Å². The van der Waals surface area contributed by atoms with Gasteiger partial charge in [0.05, 0.1) is 11.1 Å². The van der Waals surface area contributed by atoms with Crippen molar-refractivity contribution >= 4 is 11.7 Å². The lowest BCUT2D eigenvalue weighted by Gasteiger charge is -2.36. The van der Waals surface area contributed by atoms with E-state index in [1.807, 2.05) is 55.6 Å². The molecule has 0 bridgehead atoms. The number of amides is 1. The van der Waals surface area contributed by atoms with Crippen LogP contribution in [0.15, 0.2) is 55.0 Å². The molecule has 1 fully saturated rings. The normalized spacial score (nSPS) is 15.5. The number of nitrogens with one attached hydrogen (secondary N) is 2. The van der Waals surface area contributed by atoms with Crippen molar-refractivity contribution in [2.75, 3.05) is 31.6 Å². The number of hydrogen-bond acceptors (Lipinski definition) is 6. The first-order valence-corrected chi connectivity index (χ1v) is 10.2. The van der Waals surface area contributed by atoms with Crippen molar-refractivity contribution < 1.29 is 9.53 Å². The number of nitrogens with zero attached hydrogens (tertiary/aromatic N) is 4. The quantitative estimate of drug-likeness (QED) is 0.585. The fourth-order valence-corrected chi connectivity index (χ4v) is 3.77. The van der Waals surface area contributed by atoms with Gasteiger partial charge in [-0.1, -0.05) is 30.3 Å². The topological polar surface area (TPSA) is 94.0 Å². The van der Waals surface area contributed by atoms with E-state index >= 15 is 0 Å². The van der Waals surface area contributed by atoms with E-state index in [9.17, 15) is 4.79 Å². The van der Waals surface area contributed by atoms with Crippen LogP contribution in [-0.2, 0) is 14.9 Å². The summed E-state index contributed by atoms with van der Waals surface area (Å²) in [6.07, 6.45) is 4.74. The number of anilines is 1. The number of benzene rings is 1. The first-order valence-electron chi connectivity index (χ1n) is 10.2. The minimum absolute atomic E-state index is 0.0502. The molecule has 8 heteroatoms. The average Bonchev–Trinajstić information content (AvgIpc) is 3.24. The second-order valence-corrected chi connectivity index (χ2v) is 7.41. The molecular formula is C22H26N6O2. The highest BCUT2D eigenvalue weighted by Crippen LogP contribution is 2.35. The second-order valence-electron chi connectivity index (χ2n) is 7.41. The summed E-state index contributed by atoms with van der Waals surface area (Å²) in [5, 5.41) is 10.7. The second kappa shape index (κ2) is 9.04. The van der Waals surface area contributed by atoms with Crippen molar-refractivity contribution in [3.8, 4) is 5.82 Å². The molecule has 0 aliphatic carbocycles. The zero-order valence-electron chi connectivity index (χ0n) is 17.0. The molecule has 1 aromatic carbocycles. The van der Waals surface area contributed by atoms with Crippen LogP contribution in [0, 0.1) is 6.92 Å². The van der Waals surface area contributed by atoms with Crippen LogP contribution in [0.25, 0.3) is 5.82 Å². The van der Waals surface area contributed by atoms with Crippen LogP contribution >= 0.6 is 0 Å². The Morgan fingerprint density at radius 2 is 1.93 bits per heavy atom. The molecule has 8 nitrogen and oxygen atoms in total. The summed E-state index contributed by atoms with van der Waals surface area (Å²) >= 11 is 0. The van der Waals surface area contributed by atoms with Crippen LogP contribution in [0.2, 0.25) is 0 Å². The fourth-order valence-electron chi connectivity index (χ4n) is 3.77. The lowest BCUT2D eigenvalue weighted by atomic mass is 9.73. The molecule has 0 unspecified atom stereocenters. The SMILES string of the molecule is Cc1ccn(-c2cc(NCCNC(=O)C3(c4ccccc4)CCOCC3)ncn2)n1. The lowest BCUT2D eigenvalue weighted by Crippen LogP contribution is -2.49. The predicted molar refractivity (Wildman–Crippen MR) is 114 cm³/mol. The van der Waals surface area contributed by atoms with E-state index in [-0.39, 0.29) is 5.91 Å². The highest BCUT2D eigenvalue weighted by atomic mass is 16.5. The van der Waals surface area contributed by atoms with Gasteiger partial charge in [0, 0.05) is 38.6 Å². The number of hydrogen-bond donors (Lipinski definition) is 2. The predicted octanol–water partition coefficient (Wildman–Crippen LogP) is 2.25. The number of aromatic nitrogens is 4. The lowest BCUT2D eigenvalue weighted by molar-refractivity contribution is -0.130. The molecule has 1 amide bonds. The number of ether oxygens (including phenoxy) is 1. The Morgan fingerprint density at radius 3 is 2.67 bits per heavy atom. The van der Waals surface area contributed by atoms with Gasteiger partial charge in [-0.05, 0) is 31.4 Å².